The van der Waals surface area contributed by atoms with Gasteiger partial charge in [-0.2, -0.15) is 36.3 Å². The molecule has 1 rings (SSSR count). The number of hydrogen-bond donors (Lipinski definition) is 1. The minimum absolute atomic E-state index is 0.169. The lowest BCUT2D eigenvalue weighted by Crippen LogP contribution is -2.21. The van der Waals surface area contributed by atoms with Crippen LogP contribution in [0.3, 0.4) is 0 Å². The molecule has 0 unspecified atom stereocenters. The van der Waals surface area contributed by atoms with Crippen LogP contribution in [-0.4, -0.2) is 52.4 Å². The van der Waals surface area contributed by atoms with E-state index in [-0.39, 0.29) is 17.3 Å². The van der Waals surface area contributed by atoms with Gasteiger partial charge in [0.15, 0.2) is 13.2 Å². The van der Waals surface area contributed by atoms with Crippen LogP contribution in [0.2, 0.25) is 0 Å². The Hall–Kier alpha value is -1.92. The predicted molar refractivity (Wildman–Crippen MR) is 68.9 cm³/mol. The summed E-state index contributed by atoms with van der Waals surface area (Å²) in [6, 6.07) is 0.683. The zero-order valence-corrected chi connectivity index (χ0v) is 12.5. The summed E-state index contributed by atoms with van der Waals surface area (Å²) in [6.07, 6.45) is -9.34. The number of halogens is 6. The lowest BCUT2D eigenvalue weighted by Gasteiger charge is -2.12. The number of rotatable bonds is 8. The topological polar surface area (TPSA) is 81.5 Å². The summed E-state index contributed by atoms with van der Waals surface area (Å²) in [6.45, 7) is -3.41. The molecule has 13 heteroatoms. The van der Waals surface area contributed by atoms with Crippen LogP contribution < -0.4 is 9.47 Å². The molecule has 6 nitrogen and oxygen atoms in total. The zero-order chi connectivity index (χ0) is 18.4. The van der Waals surface area contributed by atoms with E-state index in [1.807, 2.05) is 0 Å². The first-order valence-corrected chi connectivity index (χ1v) is 7.17. The van der Waals surface area contributed by atoms with Crippen molar-refractivity contribution in [1.29, 1.82) is 0 Å². The number of hydrogen-bond acceptors (Lipinski definition) is 6. The molecule has 0 aliphatic heterocycles. The van der Waals surface area contributed by atoms with Crippen LogP contribution in [0.5, 0.6) is 11.8 Å². The number of aliphatic carboxylic acids is 1. The molecule has 136 valence electrons. The van der Waals surface area contributed by atoms with Gasteiger partial charge >= 0.3 is 18.3 Å². The second kappa shape index (κ2) is 8.26. The molecule has 0 aliphatic rings. The third-order valence-corrected chi connectivity index (χ3v) is 2.86. The first-order valence-electron chi connectivity index (χ1n) is 6.01. The van der Waals surface area contributed by atoms with E-state index in [2.05, 4.69) is 19.4 Å². The highest BCUT2D eigenvalue weighted by molar-refractivity contribution is 7.99. The normalized spacial score (nSPS) is 12.1. The number of nitrogens with zero attached hydrogens (tertiary/aromatic N) is 2. The summed E-state index contributed by atoms with van der Waals surface area (Å²) < 4.78 is 81.4. The fourth-order valence-corrected chi connectivity index (χ4v) is 1.79. The van der Waals surface area contributed by atoms with E-state index >= 15 is 0 Å². The first kappa shape index (κ1) is 20.1. The Balaban J connectivity index is 2.85. The number of carboxylic acid groups (broad SMARTS) is 1. The van der Waals surface area contributed by atoms with Gasteiger partial charge in [-0.1, -0.05) is 0 Å². The molecule has 1 N–H and O–H groups in total. The Labute approximate surface area is 135 Å². The Bertz CT molecular complexity index is 530. The van der Waals surface area contributed by atoms with Crippen LogP contribution in [-0.2, 0) is 10.5 Å². The van der Waals surface area contributed by atoms with Gasteiger partial charge in [-0.05, 0) is 0 Å². The summed E-state index contributed by atoms with van der Waals surface area (Å²) >= 11 is 0.799. The average molecular weight is 380 g/mol. The van der Waals surface area contributed by atoms with Crippen LogP contribution >= 0.6 is 11.8 Å². The molecular weight excluding hydrogens is 370 g/mol. The average Bonchev–Trinajstić information content (AvgIpc) is 2.41. The fourth-order valence-electron chi connectivity index (χ4n) is 1.20. The van der Waals surface area contributed by atoms with Crippen molar-refractivity contribution in [2.75, 3.05) is 19.0 Å². The zero-order valence-electron chi connectivity index (χ0n) is 11.6. The van der Waals surface area contributed by atoms with E-state index in [1.165, 1.54) is 0 Å². The van der Waals surface area contributed by atoms with E-state index in [4.69, 9.17) is 5.11 Å². The van der Waals surface area contributed by atoms with Crippen molar-refractivity contribution in [1.82, 2.24) is 9.97 Å². The monoisotopic (exact) mass is 380 g/mol. The molecule has 24 heavy (non-hydrogen) atoms. The van der Waals surface area contributed by atoms with Gasteiger partial charge in [0.25, 0.3) is 0 Å². The number of carbonyl (C=O) groups is 1. The molecule has 0 atom stereocenters. The number of ether oxygens (including phenoxy) is 2. The first-order chi connectivity index (χ1) is 10.9. The van der Waals surface area contributed by atoms with Crippen molar-refractivity contribution in [3.05, 3.63) is 11.9 Å². The molecule has 0 aromatic carbocycles. The maximum Gasteiger partial charge on any atom is 0.422 e. The van der Waals surface area contributed by atoms with Gasteiger partial charge in [-0.25, -0.2) is 0 Å². The molecule has 0 radical (unpaired) electrons. The van der Waals surface area contributed by atoms with Gasteiger partial charge in [0, 0.05) is 0 Å². The minimum atomic E-state index is -4.67. The second-order valence-electron chi connectivity index (χ2n) is 4.15. The summed E-state index contributed by atoms with van der Waals surface area (Å²) in [5, 5.41) is 8.49. The van der Waals surface area contributed by atoms with E-state index in [0.717, 1.165) is 11.8 Å². The van der Waals surface area contributed by atoms with Crippen molar-refractivity contribution >= 4 is 17.7 Å². The Morgan fingerprint density at radius 3 is 1.88 bits per heavy atom. The molecule has 0 fully saturated rings. The van der Waals surface area contributed by atoms with Gasteiger partial charge in [0.2, 0.25) is 11.8 Å². The maximum atomic E-state index is 12.1. The van der Waals surface area contributed by atoms with E-state index < -0.39 is 43.3 Å². The highest BCUT2D eigenvalue weighted by Gasteiger charge is 2.30. The van der Waals surface area contributed by atoms with Crippen LogP contribution in [0.15, 0.2) is 6.07 Å². The van der Waals surface area contributed by atoms with Crippen molar-refractivity contribution in [2.45, 2.75) is 18.1 Å². The van der Waals surface area contributed by atoms with Crippen LogP contribution in [0.4, 0.5) is 26.3 Å². The summed E-state index contributed by atoms with van der Waals surface area (Å²) in [5.74, 6) is -3.17. The van der Waals surface area contributed by atoms with E-state index in [0.29, 0.717) is 6.07 Å². The summed E-state index contributed by atoms with van der Waals surface area (Å²) in [4.78, 5) is 17.5. The number of aromatic nitrogens is 2. The summed E-state index contributed by atoms with van der Waals surface area (Å²) in [7, 11) is 0. The van der Waals surface area contributed by atoms with E-state index in [1.54, 1.807) is 0 Å². The molecule has 0 spiro atoms. The smallest absolute Gasteiger partial charge is 0.422 e. The molecule has 1 aromatic rings. The van der Waals surface area contributed by atoms with Gasteiger partial charge in [-0.3, -0.25) is 4.79 Å². The molecule has 1 aromatic heterocycles. The third-order valence-electron chi connectivity index (χ3n) is 1.95. The van der Waals surface area contributed by atoms with Crippen LogP contribution in [0.25, 0.3) is 0 Å². The highest BCUT2D eigenvalue weighted by atomic mass is 32.2. The number of thioether (sulfide) groups is 1. The molecule has 1 heterocycles. The lowest BCUT2D eigenvalue weighted by molar-refractivity contribution is -0.154. The predicted octanol–water partition coefficient (Wildman–Crippen LogP) is 2.68. The SMILES string of the molecule is O=C(O)CSCc1nc(OCC(F)(F)F)cc(OCC(F)(F)F)n1. The Morgan fingerprint density at radius 2 is 1.50 bits per heavy atom. The quantitative estimate of drug-likeness (QED) is 0.695. The number of carboxylic acids is 1. The Morgan fingerprint density at radius 1 is 1.04 bits per heavy atom. The molecular formula is C11H10F6N2O4S. The molecule has 0 bridgehead atoms. The molecule has 0 saturated carbocycles. The maximum absolute atomic E-state index is 12.1. The van der Waals surface area contributed by atoms with E-state index in [9.17, 15) is 31.1 Å². The third kappa shape index (κ3) is 9.27. The lowest BCUT2D eigenvalue weighted by atomic mass is 10.5. The molecule has 0 saturated heterocycles. The van der Waals surface area contributed by atoms with Crippen molar-refractivity contribution in [3.63, 3.8) is 0 Å². The van der Waals surface area contributed by atoms with Gasteiger partial charge in [-0.15, -0.1) is 11.8 Å². The largest absolute Gasteiger partial charge is 0.481 e. The highest BCUT2D eigenvalue weighted by Crippen LogP contribution is 2.23. The minimum Gasteiger partial charge on any atom is -0.481 e. The summed E-state index contributed by atoms with van der Waals surface area (Å²) in [5.41, 5.74) is 0. The second-order valence-corrected chi connectivity index (χ2v) is 5.14. The van der Waals surface area contributed by atoms with Gasteiger partial charge < -0.3 is 14.6 Å². The number of alkyl halides is 6. The van der Waals surface area contributed by atoms with Crippen molar-refractivity contribution < 1.29 is 45.7 Å². The standard InChI is InChI=1S/C11H10F6N2O4S/c12-10(13,14)4-22-7-1-8(23-5-11(15,16)17)19-6(18-7)2-24-3-9(20)21/h1H,2-5H2,(H,20,21). The molecule has 0 aliphatic carbocycles. The van der Waals surface area contributed by atoms with Crippen LogP contribution in [0, 0.1) is 0 Å². The van der Waals surface area contributed by atoms with Gasteiger partial charge in [0.1, 0.15) is 5.82 Å². The van der Waals surface area contributed by atoms with Crippen molar-refractivity contribution in [2.24, 2.45) is 0 Å². The molecule has 0 amide bonds. The van der Waals surface area contributed by atoms with Gasteiger partial charge in [0.05, 0.1) is 17.6 Å². The fraction of sp³-hybridized carbons (Fsp3) is 0.545. The Kier molecular flexibility index (Phi) is 6.93. The van der Waals surface area contributed by atoms with Crippen molar-refractivity contribution in [3.8, 4) is 11.8 Å². The van der Waals surface area contributed by atoms with Crippen LogP contribution in [0.1, 0.15) is 5.82 Å².